The number of aliphatic hydroxyl groups is 1. The number of methoxy groups -OCH3 is 1. The van der Waals surface area contributed by atoms with Crippen LogP contribution in [0.1, 0.15) is 51.3 Å². The van der Waals surface area contributed by atoms with Crippen molar-refractivity contribution in [2.75, 3.05) is 19.5 Å². The molecule has 0 aromatic carbocycles. The van der Waals surface area contributed by atoms with Crippen molar-refractivity contribution in [1.82, 2.24) is 14.8 Å². The van der Waals surface area contributed by atoms with Gasteiger partial charge in [-0.25, -0.2) is 14.5 Å². The van der Waals surface area contributed by atoms with Gasteiger partial charge in [0, 0.05) is 23.9 Å². The van der Waals surface area contributed by atoms with Crippen molar-refractivity contribution in [2.45, 2.75) is 58.2 Å². The molecule has 0 radical (unpaired) electrons. The van der Waals surface area contributed by atoms with Gasteiger partial charge in [-0.3, -0.25) is 4.79 Å². The average molecular weight is 607 g/mol. The molecule has 2 saturated carbocycles. The monoisotopic (exact) mass is 606 g/mol. The fourth-order valence-electron chi connectivity index (χ4n) is 8.85. The third-order valence-corrected chi connectivity index (χ3v) is 11.4. The molecule has 2 aromatic rings. The predicted molar refractivity (Wildman–Crippen MR) is 157 cm³/mol. The van der Waals surface area contributed by atoms with E-state index in [0.29, 0.717) is 24.9 Å². The number of rotatable bonds is 6. The van der Waals surface area contributed by atoms with Crippen molar-refractivity contribution in [3.05, 3.63) is 59.0 Å². The third-order valence-electron chi connectivity index (χ3n) is 10.5. The summed E-state index contributed by atoms with van der Waals surface area (Å²) in [5.74, 6) is -1.48. The van der Waals surface area contributed by atoms with Gasteiger partial charge in [-0.1, -0.05) is 37.3 Å². The summed E-state index contributed by atoms with van der Waals surface area (Å²) in [6, 6.07) is 4.97. The van der Waals surface area contributed by atoms with E-state index in [9.17, 15) is 24.3 Å². The Kier molecular flexibility index (Phi) is 7.39. The number of nitrogens with zero attached hydrogens (tertiary/aromatic N) is 4. The minimum absolute atomic E-state index is 0.0365. The minimum atomic E-state index is -1.47. The van der Waals surface area contributed by atoms with Crippen LogP contribution in [0.5, 0.6) is 0 Å². The molecule has 6 rings (SSSR count). The van der Waals surface area contributed by atoms with E-state index >= 15 is 0 Å². The van der Waals surface area contributed by atoms with Crippen LogP contribution in [0, 0.1) is 45.9 Å². The number of carbonyl (C=O) groups is 2. The first kappa shape index (κ1) is 29.7. The van der Waals surface area contributed by atoms with Crippen LogP contribution in [-0.4, -0.2) is 62.1 Å². The largest absolute Gasteiger partial charge is 0.448 e. The number of fused-ring (bicyclic) bond motifs is 6. The summed E-state index contributed by atoms with van der Waals surface area (Å²) in [7, 11) is 1.39. The molecule has 9 nitrogen and oxygen atoms in total. The molecule has 2 fully saturated rings. The molecule has 11 heteroatoms. The Morgan fingerprint density at radius 3 is 2.79 bits per heavy atom. The molecule has 0 aliphatic heterocycles. The van der Waals surface area contributed by atoms with E-state index in [4.69, 9.17) is 9.47 Å². The Bertz CT molecular complexity index is 1580. The number of thioether (sulfide) groups is 1. The maximum atomic E-state index is 13.8. The van der Waals surface area contributed by atoms with E-state index < -0.39 is 34.5 Å². The minimum Gasteiger partial charge on any atom is -0.448 e. The number of ether oxygens (including phenoxy) is 2. The second kappa shape index (κ2) is 10.7. The number of hydrogen-bond acceptors (Lipinski definition) is 9. The first-order valence-corrected chi connectivity index (χ1v) is 15.5. The zero-order valence-corrected chi connectivity index (χ0v) is 25.5. The number of esters is 1. The first-order valence-electron chi connectivity index (χ1n) is 14.5. The smallest absolute Gasteiger partial charge is 0.333 e. The Labute approximate surface area is 254 Å². The Balaban J connectivity index is 1.41. The van der Waals surface area contributed by atoms with Gasteiger partial charge >= 0.3 is 5.97 Å². The second-order valence-corrected chi connectivity index (χ2v) is 13.7. The summed E-state index contributed by atoms with van der Waals surface area (Å²) < 4.78 is 26.3. The zero-order chi connectivity index (χ0) is 30.7. The molecule has 43 heavy (non-hydrogen) atoms. The van der Waals surface area contributed by atoms with E-state index in [1.807, 2.05) is 19.2 Å². The SMILES string of the molecule is COCC(=O)O[C@]1(C(=O)SCC#N)CC[C@H]2[C@@H]3C=C(C)C4=Cc5c(cnn5-c5ccc(F)nc5)C[C@]4(C)[C@H]3[C@@H](O)C[C@@]21C. The van der Waals surface area contributed by atoms with Crippen molar-refractivity contribution in [3.63, 3.8) is 0 Å². The van der Waals surface area contributed by atoms with Gasteiger partial charge < -0.3 is 14.6 Å². The lowest BCUT2D eigenvalue weighted by atomic mass is 9.46. The van der Waals surface area contributed by atoms with Gasteiger partial charge in [0.05, 0.1) is 41.7 Å². The topological polar surface area (TPSA) is 127 Å². The molecule has 2 heterocycles. The third kappa shape index (κ3) is 4.40. The van der Waals surface area contributed by atoms with Gasteiger partial charge in [0.1, 0.15) is 6.61 Å². The maximum absolute atomic E-state index is 13.8. The van der Waals surface area contributed by atoms with Crippen LogP contribution >= 0.6 is 11.8 Å². The van der Waals surface area contributed by atoms with Gasteiger partial charge in [-0.2, -0.15) is 14.8 Å². The van der Waals surface area contributed by atoms with Gasteiger partial charge in [0.25, 0.3) is 0 Å². The summed E-state index contributed by atoms with van der Waals surface area (Å²) in [4.78, 5) is 30.4. The van der Waals surface area contributed by atoms with Crippen molar-refractivity contribution < 1.29 is 28.6 Å². The Hall–Kier alpha value is -3.33. The number of aromatic nitrogens is 3. The van der Waals surface area contributed by atoms with E-state index in [0.717, 1.165) is 34.2 Å². The molecule has 1 N–H and O–H groups in total. The summed E-state index contributed by atoms with van der Waals surface area (Å²) in [5.41, 5.74) is 2.09. The number of halogens is 1. The van der Waals surface area contributed by atoms with E-state index in [-0.39, 0.29) is 41.6 Å². The van der Waals surface area contributed by atoms with E-state index in [1.165, 1.54) is 19.4 Å². The fourth-order valence-corrected chi connectivity index (χ4v) is 9.65. The lowest BCUT2D eigenvalue weighted by Gasteiger charge is -2.59. The lowest BCUT2D eigenvalue weighted by molar-refractivity contribution is -0.194. The molecule has 0 unspecified atom stereocenters. The van der Waals surface area contributed by atoms with Crippen molar-refractivity contribution in [3.8, 4) is 11.8 Å². The molecule has 226 valence electrons. The van der Waals surface area contributed by atoms with Gasteiger partial charge in [-0.05, 0) is 73.8 Å². The molecule has 0 saturated heterocycles. The quantitative estimate of drug-likeness (QED) is 0.375. The highest BCUT2D eigenvalue weighted by Crippen LogP contribution is 2.68. The molecule has 7 atom stereocenters. The van der Waals surface area contributed by atoms with E-state index in [2.05, 4.69) is 36.1 Å². The van der Waals surface area contributed by atoms with Gasteiger partial charge in [0.2, 0.25) is 11.1 Å². The maximum Gasteiger partial charge on any atom is 0.333 e. The number of carbonyl (C=O) groups excluding carboxylic acids is 2. The Morgan fingerprint density at radius 2 is 2.09 bits per heavy atom. The first-order chi connectivity index (χ1) is 20.5. The summed E-state index contributed by atoms with van der Waals surface area (Å²) in [5, 5.41) is 25.5. The molecule has 0 bridgehead atoms. The van der Waals surface area contributed by atoms with Crippen LogP contribution in [0.4, 0.5) is 4.39 Å². The number of allylic oxidation sites excluding steroid dienone is 3. The molecule has 0 amide bonds. The van der Waals surface area contributed by atoms with Crippen LogP contribution < -0.4 is 0 Å². The Morgan fingerprint density at radius 1 is 1.30 bits per heavy atom. The number of pyridine rings is 1. The predicted octanol–water partition coefficient (Wildman–Crippen LogP) is 4.44. The van der Waals surface area contributed by atoms with Crippen LogP contribution in [0.2, 0.25) is 0 Å². The zero-order valence-electron chi connectivity index (χ0n) is 24.7. The van der Waals surface area contributed by atoms with Crippen LogP contribution in [0.15, 0.2) is 41.7 Å². The second-order valence-electron chi connectivity index (χ2n) is 12.7. The lowest BCUT2D eigenvalue weighted by Crippen LogP contribution is -2.62. The fraction of sp³-hybridized carbons (Fsp3) is 0.531. The summed E-state index contributed by atoms with van der Waals surface area (Å²) in [6.07, 6.45) is 8.77. The summed E-state index contributed by atoms with van der Waals surface area (Å²) in [6.45, 7) is 5.96. The van der Waals surface area contributed by atoms with Gasteiger partial charge in [0.15, 0.2) is 5.60 Å². The molecule has 0 spiro atoms. The molecular formula is C32H35FN4O5S. The highest BCUT2D eigenvalue weighted by molar-refractivity contribution is 8.14. The number of hydrogen-bond donors (Lipinski definition) is 1. The van der Waals surface area contributed by atoms with Crippen LogP contribution in [0.3, 0.4) is 0 Å². The van der Waals surface area contributed by atoms with Crippen molar-refractivity contribution >= 4 is 28.9 Å². The number of nitriles is 1. The molecule has 2 aromatic heterocycles. The van der Waals surface area contributed by atoms with Crippen molar-refractivity contribution in [1.29, 1.82) is 5.26 Å². The normalized spacial score (nSPS) is 34.1. The van der Waals surface area contributed by atoms with E-state index in [1.54, 1.807) is 10.7 Å². The summed E-state index contributed by atoms with van der Waals surface area (Å²) >= 11 is 0.870. The van der Waals surface area contributed by atoms with Crippen molar-refractivity contribution in [2.24, 2.45) is 28.6 Å². The van der Waals surface area contributed by atoms with Crippen LogP contribution in [0.25, 0.3) is 11.8 Å². The highest BCUT2D eigenvalue weighted by atomic mass is 32.2. The average Bonchev–Trinajstić information content (AvgIpc) is 3.49. The molecular weight excluding hydrogens is 571 g/mol. The highest BCUT2D eigenvalue weighted by Gasteiger charge is 2.70. The number of aliphatic hydroxyl groups excluding tert-OH is 1. The molecule has 4 aliphatic carbocycles. The van der Waals surface area contributed by atoms with Crippen LogP contribution in [-0.2, 0) is 25.5 Å². The standard InChI is InChI=1S/C32H35FN4O5S/c1-18-11-21-22-7-8-32(29(40)43-10-9-34,42-27(39)17-41-4)31(22,3)14-25(38)28(21)30(2)13-19-15-36-37(24(19)12-23(18)30)20-5-6-26(33)35-16-20/h5-6,11-12,15-16,21-22,25,28,38H,7-8,10,13-14,17H2,1-4H3/t21-,22-,25-,28+,30-,31-,32-/m0/s1. The van der Waals surface area contributed by atoms with Gasteiger partial charge in [-0.15, -0.1) is 0 Å². The molecule has 4 aliphatic rings.